The molecule has 0 atom stereocenters. The third-order valence-electron chi connectivity index (χ3n) is 1.27. The van der Waals surface area contributed by atoms with Gasteiger partial charge in [-0.2, -0.15) is 12.7 Å². The van der Waals surface area contributed by atoms with Gasteiger partial charge in [0, 0.05) is 8.07 Å². The van der Waals surface area contributed by atoms with E-state index < -0.39 is 18.2 Å². The molecular formula is C5H15NO4SSi. The maximum absolute atomic E-state index is 10.9. The molecule has 0 aliphatic heterocycles. The Labute approximate surface area is 73.8 Å². The molecule has 0 saturated carbocycles. The Balaban J connectivity index is 3.94. The smallest absolute Gasteiger partial charge is 0.284 e. The predicted octanol–water partition coefficient (Wildman–Crippen LogP) is 0.565. The first-order valence-corrected chi connectivity index (χ1v) is 8.85. The maximum atomic E-state index is 10.9. The molecular weight excluding hydrogens is 198 g/mol. The molecule has 0 bridgehead atoms. The summed E-state index contributed by atoms with van der Waals surface area (Å²) in [6.07, 6.45) is 0. The van der Waals surface area contributed by atoms with E-state index in [2.05, 4.69) is 23.9 Å². The molecule has 0 fully saturated rings. The Morgan fingerprint density at radius 2 is 1.92 bits per heavy atom. The quantitative estimate of drug-likeness (QED) is 0.515. The van der Waals surface area contributed by atoms with Gasteiger partial charge in [-0.25, -0.2) is 0 Å². The zero-order valence-electron chi connectivity index (χ0n) is 7.49. The van der Waals surface area contributed by atoms with Crippen LogP contribution in [0.25, 0.3) is 0 Å². The highest BCUT2D eigenvalue weighted by atomic mass is 32.2. The van der Waals surface area contributed by atoms with Crippen LogP contribution in [0.4, 0.5) is 0 Å². The van der Waals surface area contributed by atoms with Gasteiger partial charge in [0.15, 0.2) is 0 Å². The van der Waals surface area contributed by atoms with Crippen LogP contribution in [0.1, 0.15) is 0 Å². The average Bonchev–Trinajstić information content (AvgIpc) is 1.83. The van der Waals surface area contributed by atoms with E-state index in [9.17, 15) is 8.42 Å². The summed E-state index contributed by atoms with van der Waals surface area (Å²) in [4.78, 5) is 0. The van der Waals surface area contributed by atoms with Crippen molar-refractivity contribution >= 4 is 18.2 Å². The molecule has 0 heterocycles. The minimum absolute atomic E-state index is 0.0454. The molecule has 0 unspecified atom stereocenters. The molecule has 0 aromatic carbocycles. The fraction of sp³-hybridized carbons (Fsp3) is 1.00. The number of nitrogens with one attached hydrogen (secondary N) is 1. The molecule has 0 aromatic rings. The fourth-order valence-electron chi connectivity index (χ4n) is 0.530. The van der Waals surface area contributed by atoms with Gasteiger partial charge in [0.25, 0.3) is 10.1 Å². The van der Waals surface area contributed by atoms with E-state index in [0.717, 1.165) is 0 Å². The monoisotopic (exact) mass is 213 g/mol. The van der Waals surface area contributed by atoms with Gasteiger partial charge in [-0.3, -0.25) is 5.21 Å². The van der Waals surface area contributed by atoms with Gasteiger partial charge in [-0.1, -0.05) is 25.3 Å². The van der Waals surface area contributed by atoms with Crippen LogP contribution in [0.5, 0.6) is 0 Å². The first-order chi connectivity index (χ1) is 5.27. The fourth-order valence-corrected chi connectivity index (χ4v) is 4.18. The van der Waals surface area contributed by atoms with Crippen LogP contribution in [-0.2, 0) is 14.4 Å². The van der Waals surface area contributed by atoms with Crippen molar-refractivity contribution in [2.24, 2.45) is 0 Å². The Hall–Kier alpha value is 0.0469. The Bertz CT molecular complexity index is 220. The molecule has 0 spiro atoms. The second kappa shape index (κ2) is 4.33. The van der Waals surface area contributed by atoms with Gasteiger partial charge in [-0.15, -0.1) is 0 Å². The van der Waals surface area contributed by atoms with Crippen LogP contribution >= 0.6 is 0 Å². The van der Waals surface area contributed by atoms with Crippen LogP contribution in [0.2, 0.25) is 25.7 Å². The van der Waals surface area contributed by atoms with Crippen molar-refractivity contribution < 1.29 is 17.9 Å². The van der Waals surface area contributed by atoms with Gasteiger partial charge in [-0.05, 0) is 6.04 Å². The summed E-state index contributed by atoms with van der Waals surface area (Å²) in [6, 6.07) is 0.622. The highest BCUT2D eigenvalue weighted by Crippen LogP contribution is 2.09. The third kappa shape index (κ3) is 6.74. The van der Waals surface area contributed by atoms with E-state index in [1.807, 2.05) is 0 Å². The van der Waals surface area contributed by atoms with E-state index in [0.29, 0.717) is 6.04 Å². The molecule has 0 rings (SSSR count). The molecule has 0 aliphatic carbocycles. The second-order valence-corrected chi connectivity index (χ2v) is 11.1. The predicted molar refractivity (Wildman–Crippen MR) is 47.9 cm³/mol. The zero-order valence-corrected chi connectivity index (χ0v) is 9.31. The largest absolute Gasteiger partial charge is 0.291 e. The summed E-state index contributed by atoms with van der Waals surface area (Å²) < 4.78 is 25.6. The maximum Gasteiger partial charge on any atom is 0.284 e. The first kappa shape index (κ1) is 12.0. The summed E-state index contributed by atoms with van der Waals surface area (Å²) in [5.41, 5.74) is 1.17. The van der Waals surface area contributed by atoms with E-state index >= 15 is 0 Å². The second-order valence-electron chi connectivity index (χ2n) is 3.75. The van der Waals surface area contributed by atoms with Gasteiger partial charge in [0.2, 0.25) is 0 Å². The summed E-state index contributed by atoms with van der Waals surface area (Å²) in [7, 11) is -4.96. The van der Waals surface area contributed by atoms with E-state index in [1.165, 1.54) is 5.64 Å². The lowest BCUT2D eigenvalue weighted by molar-refractivity contribution is -0.0378. The Kier molecular flexibility index (Phi) is 4.35. The Morgan fingerprint density at radius 1 is 1.42 bits per heavy atom. The van der Waals surface area contributed by atoms with Gasteiger partial charge in [0.05, 0.1) is 5.75 Å². The van der Waals surface area contributed by atoms with Crippen molar-refractivity contribution in [2.45, 2.75) is 25.7 Å². The zero-order chi connectivity index (χ0) is 9.83. The van der Waals surface area contributed by atoms with E-state index in [4.69, 9.17) is 5.21 Å². The highest BCUT2D eigenvalue weighted by Gasteiger charge is 2.19. The van der Waals surface area contributed by atoms with Crippen molar-refractivity contribution in [1.82, 2.24) is 5.64 Å². The molecule has 0 radical (unpaired) electrons. The summed E-state index contributed by atoms with van der Waals surface area (Å²) in [5.74, 6) is -0.0454. The summed E-state index contributed by atoms with van der Waals surface area (Å²) in [5, 5.41) is 7.99. The summed E-state index contributed by atoms with van der Waals surface area (Å²) >= 11 is 0. The van der Waals surface area contributed by atoms with E-state index in [-0.39, 0.29) is 5.75 Å². The van der Waals surface area contributed by atoms with Crippen molar-refractivity contribution in [3.8, 4) is 0 Å². The minimum Gasteiger partial charge on any atom is -0.291 e. The van der Waals surface area contributed by atoms with Crippen LogP contribution in [0.3, 0.4) is 0 Å². The molecule has 0 aromatic heterocycles. The van der Waals surface area contributed by atoms with Crippen molar-refractivity contribution in [3.05, 3.63) is 0 Å². The lowest BCUT2D eigenvalue weighted by atomic mass is 11.0. The Morgan fingerprint density at radius 3 is 2.25 bits per heavy atom. The van der Waals surface area contributed by atoms with Crippen LogP contribution < -0.4 is 5.64 Å². The lowest BCUT2D eigenvalue weighted by Crippen LogP contribution is -2.26. The number of hydrogen-bond acceptors (Lipinski definition) is 5. The lowest BCUT2D eigenvalue weighted by Gasteiger charge is -2.14. The molecule has 0 amide bonds. The number of hydrogen-bond donors (Lipinski definition) is 2. The van der Waals surface area contributed by atoms with Crippen molar-refractivity contribution in [2.75, 3.05) is 5.75 Å². The van der Waals surface area contributed by atoms with Crippen molar-refractivity contribution in [1.29, 1.82) is 0 Å². The average molecular weight is 213 g/mol. The van der Waals surface area contributed by atoms with E-state index in [1.54, 1.807) is 0 Å². The van der Waals surface area contributed by atoms with Crippen molar-refractivity contribution in [3.63, 3.8) is 0 Å². The molecule has 2 N–H and O–H groups in total. The third-order valence-corrected chi connectivity index (χ3v) is 4.41. The first-order valence-electron chi connectivity index (χ1n) is 3.57. The standard InChI is InChI=1S/C5H15NO4SSi/c1-12(2,3)5-4-11(8,9)10-6-7/h6-7H,4-5H2,1-3H3. The number of rotatable bonds is 5. The normalized spacial score (nSPS) is 13.3. The molecule has 0 saturated heterocycles. The topological polar surface area (TPSA) is 75.6 Å². The highest BCUT2D eigenvalue weighted by molar-refractivity contribution is 7.86. The van der Waals surface area contributed by atoms with Gasteiger partial charge < -0.3 is 0 Å². The molecule has 0 aliphatic rings. The van der Waals surface area contributed by atoms with Gasteiger partial charge >= 0.3 is 0 Å². The minimum atomic E-state index is -3.59. The summed E-state index contributed by atoms with van der Waals surface area (Å²) in [6.45, 7) is 6.19. The van der Waals surface area contributed by atoms with Crippen LogP contribution in [0, 0.1) is 0 Å². The van der Waals surface area contributed by atoms with Crippen LogP contribution in [-0.4, -0.2) is 27.5 Å². The molecule has 5 nitrogen and oxygen atoms in total. The van der Waals surface area contributed by atoms with Crippen LogP contribution in [0.15, 0.2) is 0 Å². The van der Waals surface area contributed by atoms with Gasteiger partial charge in [0.1, 0.15) is 0 Å². The SMILES string of the molecule is C[Si](C)(C)CCS(=O)(=O)ONO. The molecule has 74 valence electrons. The molecule has 12 heavy (non-hydrogen) atoms. The molecule has 7 heteroatoms.